The number of hydrogen-bond donors (Lipinski definition) is 1. The number of sulfonamides is 1. The molecule has 1 aromatic rings. The van der Waals surface area contributed by atoms with Crippen LogP contribution in [0.25, 0.3) is 0 Å². The molecular formula is C13H20ClIN2O2S. The van der Waals surface area contributed by atoms with Gasteiger partial charge in [-0.3, -0.25) is 0 Å². The summed E-state index contributed by atoms with van der Waals surface area (Å²) in [5.41, 5.74) is 5.87. The molecule has 0 spiro atoms. The van der Waals surface area contributed by atoms with Crippen molar-refractivity contribution < 1.29 is 8.42 Å². The summed E-state index contributed by atoms with van der Waals surface area (Å²) in [5, 5.41) is 0. The van der Waals surface area contributed by atoms with Crippen molar-refractivity contribution in [2.24, 2.45) is 11.1 Å². The molecule has 7 heteroatoms. The van der Waals surface area contributed by atoms with Crippen LogP contribution in [0, 0.1) is 8.99 Å². The molecule has 1 saturated heterocycles. The van der Waals surface area contributed by atoms with Gasteiger partial charge in [0.2, 0.25) is 10.0 Å². The molecule has 1 atom stereocenters. The van der Waals surface area contributed by atoms with Crippen LogP contribution in [0.15, 0.2) is 29.2 Å². The molecule has 1 aliphatic heterocycles. The summed E-state index contributed by atoms with van der Waals surface area (Å²) in [6.45, 7) is 5.02. The van der Waals surface area contributed by atoms with Gasteiger partial charge >= 0.3 is 0 Å². The van der Waals surface area contributed by atoms with Crippen LogP contribution in [0.5, 0.6) is 0 Å². The molecule has 0 saturated carbocycles. The summed E-state index contributed by atoms with van der Waals surface area (Å²) in [7, 11) is -3.41. The average Bonchev–Trinajstić information content (AvgIpc) is 2.32. The highest BCUT2D eigenvalue weighted by atomic mass is 127. The van der Waals surface area contributed by atoms with Gasteiger partial charge in [0.15, 0.2) is 0 Å². The second-order valence-electron chi connectivity index (χ2n) is 5.68. The Labute approximate surface area is 140 Å². The largest absolute Gasteiger partial charge is 0.327 e. The van der Waals surface area contributed by atoms with E-state index in [9.17, 15) is 8.42 Å². The van der Waals surface area contributed by atoms with Crippen molar-refractivity contribution in [2.75, 3.05) is 13.1 Å². The third-order valence-electron chi connectivity index (χ3n) is 3.71. The summed E-state index contributed by atoms with van der Waals surface area (Å²) < 4.78 is 27.7. The van der Waals surface area contributed by atoms with Gasteiger partial charge in [0.05, 0.1) is 4.90 Å². The predicted molar refractivity (Wildman–Crippen MR) is 91.5 cm³/mol. The lowest BCUT2D eigenvalue weighted by molar-refractivity contribution is 0.155. The smallest absolute Gasteiger partial charge is 0.243 e. The lowest BCUT2D eigenvalue weighted by Gasteiger charge is -2.41. The summed E-state index contributed by atoms with van der Waals surface area (Å²) in [6, 6.07) is 7.07. The van der Waals surface area contributed by atoms with Crippen molar-refractivity contribution in [1.29, 1.82) is 0 Å². The first-order chi connectivity index (χ1) is 8.73. The maximum Gasteiger partial charge on any atom is 0.243 e. The van der Waals surface area contributed by atoms with E-state index in [2.05, 4.69) is 22.6 Å². The van der Waals surface area contributed by atoms with Gasteiger partial charge in [0.25, 0.3) is 0 Å². The molecule has 0 aliphatic carbocycles. The van der Waals surface area contributed by atoms with Crippen LogP contribution in [0.4, 0.5) is 0 Å². The van der Waals surface area contributed by atoms with Crippen molar-refractivity contribution in [3.05, 3.63) is 27.8 Å². The van der Waals surface area contributed by atoms with Crippen LogP contribution < -0.4 is 5.73 Å². The van der Waals surface area contributed by atoms with Crippen molar-refractivity contribution in [3.63, 3.8) is 0 Å². The van der Waals surface area contributed by atoms with E-state index in [4.69, 9.17) is 5.73 Å². The average molecular weight is 431 g/mol. The quantitative estimate of drug-likeness (QED) is 0.733. The highest BCUT2D eigenvalue weighted by molar-refractivity contribution is 14.1. The van der Waals surface area contributed by atoms with Gasteiger partial charge in [-0.05, 0) is 52.6 Å². The zero-order valence-electron chi connectivity index (χ0n) is 11.5. The number of rotatable bonds is 2. The van der Waals surface area contributed by atoms with Gasteiger partial charge in [-0.1, -0.05) is 19.9 Å². The fourth-order valence-corrected chi connectivity index (χ4v) is 4.73. The molecular weight excluding hydrogens is 411 g/mol. The summed E-state index contributed by atoms with van der Waals surface area (Å²) in [5.74, 6) is 0. The Balaban J connectivity index is 0.00000200. The zero-order valence-corrected chi connectivity index (χ0v) is 15.3. The van der Waals surface area contributed by atoms with Gasteiger partial charge in [-0.2, -0.15) is 4.31 Å². The number of piperidine rings is 1. The standard InChI is InChI=1S/C13H19IN2O2S.ClH/c1-13(2)9-16(7-6-12(13)15)19(17,18)11-5-3-4-10(14)8-11;/h3-5,8,12H,6-7,9,15H2,1-2H3;1H. The van der Waals surface area contributed by atoms with Crippen LogP contribution in [0.1, 0.15) is 20.3 Å². The van der Waals surface area contributed by atoms with E-state index in [-0.39, 0.29) is 23.9 Å². The minimum atomic E-state index is -3.41. The second-order valence-corrected chi connectivity index (χ2v) is 8.86. The third kappa shape index (κ3) is 3.65. The number of nitrogens with zero attached hydrogens (tertiary/aromatic N) is 1. The SMILES string of the molecule is CC1(C)CN(S(=O)(=O)c2cccc(I)c2)CCC1N.Cl. The predicted octanol–water partition coefficient (Wildman–Crippen LogP) is 2.46. The van der Waals surface area contributed by atoms with Crippen LogP contribution in [0.3, 0.4) is 0 Å². The fraction of sp³-hybridized carbons (Fsp3) is 0.538. The lowest BCUT2D eigenvalue weighted by Crippen LogP contribution is -2.53. The Morgan fingerprint density at radius 2 is 2.05 bits per heavy atom. The summed E-state index contributed by atoms with van der Waals surface area (Å²) in [4.78, 5) is 0.366. The number of hydrogen-bond acceptors (Lipinski definition) is 3. The van der Waals surface area contributed by atoms with Gasteiger partial charge in [0.1, 0.15) is 0 Å². The first kappa shape index (κ1) is 18.2. The second kappa shape index (κ2) is 6.48. The monoisotopic (exact) mass is 430 g/mol. The minimum absolute atomic E-state index is 0. The van der Waals surface area contributed by atoms with Gasteiger partial charge in [0, 0.05) is 22.7 Å². The third-order valence-corrected chi connectivity index (χ3v) is 6.22. The molecule has 0 aromatic heterocycles. The van der Waals surface area contributed by atoms with Crippen molar-refractivity contribution in [1.82, 2.24) is 4.31 Å². The van der Waals surface area contributed by atoms with E-state index in [1.807, 2.05) is 19.9 Å². The summed E-state index contributed by atoms with van der Waals surface area (Å²) >= 11 is 2.12. The molecule has 1 heterocycles. The maximum atomic E-state index is 12.6. The van der Waals surface area contributed by atoms with Gasteiger partial charge in [-0.25, -0.2) is 8.42 Å². The highest BCUT2D eigenvalue weighted by Crippen LogP contribution is 2.31. The molecule has 4 nitrogen and oxygen atoms in total. The molecule has 0 bridgehead atoms. The van der Waals surface area contributed by atoms with Crippen LogP contribution in [-0.2, 0) is 10.0 Å². The molecule has 1 aliphatic rings. The van der Waals surface area contributed by atoms with E-state index < -0.39 is 10.0 Å². The maximum absolute atomic E-state index is 12.6. The lowest BCUT2D eigenvalue weighted by atomic mass is 9.81. The Kier molecular flexibility index (Phi) is 5.88. The van der Waals surface area contributed by atoms with Crippen molar-refractivity contribution in [2.45, 2.75) is 31.2 Å². The Hall–Kier alpha value is 0.110. The fourth-order valence-electron chi connectivity index (χ4n) is 2.31. The topological polar surface area (TPSA) is 63.4 Å². The highest BCUT2D eigenvalue weighted by Gasteiger charge is 2.38. The number of nitrogens with two attached hydrogens (primary N) is 1. The van der Waals surface area contributed by atoms with E-state index in [0.717, 1.165) is 3.57 Å². The van der Waals surface area contributed by atoms with E-state index in [0.29, 0.717) is 24.4 Å². The number of benzene rings is 1. The van der Waals surface area contributed by atoms with Gasteiger partial charge < -0.3 is 5.73 Å². The molecule has 1 fully saturated rings. The molecule has 2 rings (SSSR count). The number of halogens is 2. The summed E-state index contributed by atoms with van der Waals surface area (Å²) in [6.07, 6.45) is 0.705. The van der Waals surface area contributed by atoms with Crippen LogP contribution in [0.2, 0.25) is 0 Å². The molecule has 0 radical (unpaired) electrons. The molecule has 20 heavy (non-hydrogen) atoms. The van der Waals surface area contributed by atoms with Gasteiger partial charge in [-0.15, -0.1) is 12.4 Å². The zero-order chi connectivity index (χ0) is 14.3. The Morgan fingerprint density at radius 1 is 1.40 bits per heavy atom. The van der Waals surface area contributed by atoms with Crippen molar-refractivity contribution in [3.8, 4) is 0 Å². The van der Waals surface area contributed by atoms with E-state index >= 15 is 0 Å². The Morgan fingerprint density at radius 3 is 2.60 bits per heavy atom. The first-order valence-corrected chi connectivity index (χ1v) is 8.77. The van der Waals surface area contributed by atoms with E-state index in [1.54, 1.807) is 22.5 Å². The Bertz CT molecular complexity index is 577. The van der Waals surface area contributed by atoms with E-state index in [1.165, 1.54) is 0 Å². The molecule has 2 N–H and O–H groups in total. The molecule has 1 unspecified atom stereocenters. The first-order valence-electron chi connectivity index (χ1n) is 6.25. The van der Waals surface area contributed by atoms with Crippen molar-refractivity contribution >= 4 is 45.0 Å². The molecule has 0 amide bonds. The molecule has 114 valence electrons. The van der Waals surface area contributed by atoms with Crippen LogP contribution >= 0.6 is 35.0 Å². The minimum Gasteiger partial charge on any atom is -0.327 e. The van der Waals surface area contributed by atoms with Crippen LogP contribution in [-0.4, -0.2) is 31.9 Å². The normalized spacial score (nSPS) is 23.1. The molecule has 1 aromatic carbocycles.